The summed E-state index contributed by atoms with van der Waals surface area (Å²) < 4.78 is 5.71. The predicted octanol–water partition coefficient (Wildman–Crippen LogP) is 3.07. The van der Waals surface area contributed by atoms with Crippen molar-refractivity contribution in [3.63, 3.8) is 0 Å². The van der Waals surface area contributed by atoms with Gasteiger partial charge in [-0.3, -0.25) is 0 Å². The maximum atomic E-state index is 5.82. The van der Waals surface area contributed by atoms with Crippen LogP contribution in [0.1, 0.15) is 0 Å². The van der Waals surface area contributed by atoms with Crippen molar-refractivity contribution in [2.24, 2.45) is 0 Å². The molecule has 0 aliphatic carbocycles. The second kappa shape index (κ2) is 4.03. The van der Waals surface area contributed by atoms with Gasteiger partial charge in [-0.05, 0) is 23.6 Å². The Bertz CT molecular complexity index is 665. The molecule has 84 valence electrons. The molecule has 0 unspecified atom stereocenters. The van der Waals surface area contributed by atoms with Crippen molar-refractivity contribution in [1.82, 2.24) is 9.97 Å². The summed E-state index contributed by atoms with van der Waals surface area (Å²) in [5.74, 6) is 1.15. The molecule has 2 N–H and O–H groups in total. The molecule has 3 aromatic rings. The van der Waals surface area contributed by atoms with Gasteiger partial charge >= 0.3 is 0 Å². The Morgan fingerprint density at radius 1 is 1.12 bits per heavy atom. The highest BCUT2D eigenvalue weighted by Crippen LogP contribution is 2.31. The van der Waals surface area contributed by atoms with E-state index in [1.807, 2.05) is 29.6 Å². The summed E-state index contributed by atoms with van der Waals surface area (Å²) in [6, 6.07) is 9.28. The molecule has 4 nitrogen and oxygen atoms in total. The fraction of sp³-hybridized carbons (Fsp3) is 0. The zero-order chi connectivity index (χ0) is 11.7. The number of thiophene rings is 1. The average molecular weight is 243 g/mol. The van der Waals surface area contributed by atoms with Gasteiger partial charge < -0.3 is 10.5 Å². The number of fused-ring (bicyclic) bond motifs is 1. The zero-order valence-corrected chi connectivity index (χ0v) is 9.65. The van der Waals surface area contributed by atoms with Gasteiger partial charge in [0.25, 0.3) is 0 Å². The third-order valence-electron chi connectivity index (χ3n) is 2.35. The first-order valence-corrected chi connectivity index (χ1v) is 5.93. The van der Waals surface area contributed by atoms with Crippen molar-refractivity contribution in [2.75, 3.05) is 5.73 Å². The molecule has 17 heavy (non-hydrogen) atoms. The van der Waals surface area contributed by atoms with E-state index in [0.29, 0.717) is 17.3 Å². The van der Waals surface area contributed by atoms with E-state index in [9.17, 15) is 0 Å². The summed E-state index contributed by atoms with van der Waals surface area (Å²) in [4.78, 5) is 9.20. The summed E-state index contributed by atoms with van der Waals surface area (Å²) in [6.45, 7) is 0. The van der Waals surface area contributed by atoms with Crippen LogP contribution in [-0.2, 0) is 0 Å². The summed E-state index contributed by atoms with van der Waals surface area (Å²) in [7, 11) is 0. The standard InChI is InChI=1S/C12H9N3OS/c13-9-3-1-2-4-10(9)16-11-8-5-6-17-12(8)15-7-14-11/h1-7H,13H2. The number of para-hydroxylation sites is 2. The number of anilines is 1. The molecule has 0 atom stereocenters. The summed E-state index contributed by atoms with van der Waals surface area (Å²) in [5.41, 5.74) is 6.41. The number of nitrogen functional groups attached to an aromatic ring is 1. The largest absolute Gasteiger partial charge is 0.436 e. The van der Waals surface area contributed by atoms with E-state index in [-0.39, 0.29) is 0 Å². The Morgan fingerprint density at radius 2 is 2.00 bits per heavy atom. The molecule has 0 aliphatic heterocycles. The number of nitrogens with zero attached hydrogens (tertiary/aromatic N) is 2. The number of hydrogen-bond acceptors (Lipinski definition) is 5. The van der Waals surface area contributed by atoms with Crippen LogP contribution in [0.4, 0.5) is 5.69 Å². The van der Waals surface area contributed by atoms with Crippen LogP contribution in [0.3, 0.4) is 0 Å². The number of nitrogens with two attached hydrogens (primary N) is 1. The summed E-state index contributed by atoms with van der Waals surface area (Å²) in [5, 5.41) is 2.86. The van der Waals surface area contributed by atoms with Gasteiger partial charge in [0.1, 0.15) is 11.2 Å². The van der Waals surface area contributed by atoms with Crippen LogP contribution in [-0.4, -0.2) is 9.97 Å². The van der Waals surface area contributed by atoms with Gasteiger partial charge in [0, 0.05) is 0 Å². The van der Waals surface area contributed by atoms with Gasteiger partial charge in [-0.15, -0.1) is 11.3 Å². The highest BCUT2D eigenvalue weighted by Gasteiger charge is 2.08. The number of rotatable bonds is 2. The number of ether oxygens (including phenoxy) is 1. The molecule has 1 aromatic carbocycles. The molecule has 0 aliphatic rings. The van der Waals surface area contributed by atoms with E-state index in [4.69, 9.17) is 10.5 Å². The van der Waals surface area contributed by atoms with Crippen molar-refractivity contribution in [3.05, 3.63) is 42.0 Å². The lowest BCUT2D eigenvalue weighted by Crippen LogP contribution is -1.93. The van der Waals surface area contributed by atoms with E-state index in [1.54, 1.807) is 17.4 Å². The van der Waals surface area contributed by atoms with Gasteiger partial charge in [0.2, 0.25) is 5.88 Å². The van der Waals surface area contributed by atoms with Crippen LogP contribution in [0, 0.1) is 0 Å². The number of hydrogen-bond donors (Lipinski definition) is 1. The smallest absolute Gasteiger partial charge is 0.231 e. The molecule has 2 aromatic heterocycles. The second-order valence-electron chi connectivity index (χ2n) is 3.46. The monoisotopic (exact) mass is 243 g/mol. The van der Waals surface area contributed by atoms with Gasteiger partial charge in [-0.25, -0.2) is 9.97 Å². The molecule has 2 heterocycles. The molecule has 0 fully saturated rings. The maximum absolute atomic E-state index is 5.82. The molecular weight excluding hydrogens is 234 g/mol. The van der Waals surface area contributed by atoms with Crippen molar-refractivity contribution >= 4 is 27.2 Å². The highest BCUT2D eigenvalue weighted by molar-refractivity contribution is 7.16. The molecule has 5 heteroatoms. The second-order valence-corrected chi connectivity index (χ2v) is 4.35. The first-order chi connectivity index (χ1) is 8.34. The molecule has 0 bridgehead atoms. The minimum atomic E-state index is 0.536. The highest BCUT2D eigenvalue weighted by atomic mass is 32.1. The van der Waals surface area contributed by atoms with Crippen LogP contribution >= 0.6 is 11.3 Å². The normalized spacial score (nSPS) is 10.6. The van der Waals surface area contributed by atoms with Crippen molar-refractivity contribution in [3.8, 4) is 11.6 Å². The number of benzene rings is 1. The fourth-order valence-electron chi connectivity index (χ4n) is 1.53. The Labute approximate surface area is 102 Å². The zero-order valence-electron chi connectivity index (χ0n) is 8.83. The molecule has 0 amide bonds. The predicted molar refractivity (Wildman–Crippen MR) is 68.3 cm³/mol. The molecular formula is C12H9N3OS. The van der Waals surface area contributed by atoms with Crippen LogP contribution in [0.25, 0.3) is 10.2 Å². The lowest BCUT2D eigenvalue weighted by Gasteiger charge is -2.07. The van der Waals surface area contributed by atoms with Crippen molar-refractivity contribution < 1.29 is 4.74 Å². The Kier molecular flexibility index (Phi) is 2.38. The van der Waals surface area contributed by atoms with E-state index >= 15 is 0 Å². The van der Waals surface area contributed by atoms with E-state index in [2.05, 4.69) is 9.97 Å². The summed E-state index contributed by atoms with van der Waals surface area (Å²) in [6.07, 6.45) is 1.49. The van der Waals surface area contributed by atoms with Crippen LogP contribution < -0.4 is 10.5 Å². The molecule has 0 saturated carbocycles. The SMILES string of the molecule is Nc1ccccc1Oc1ncnc2sccc12. The lowest BCUT2D eigenvalue weighted by atomic mass is 10.3. The Hall–Kier alpha value is -2.14. The van der Waals surface area contributed by atoms with E-state index in [1.165, 1.54) is 6.33 Å². The van der Waals surface area contributed by atoms with Gasteiger partial charge in [0.15, 0.2) is 5.75 Å². The van der Waals surface area contributed by atoms with Gasteiger partial charge in [-0.1, -0.05) is 12.1 Å². The number of aromatic nitrogens is 2. The van der Waals surface area contributed by atoms with Crippen molar-refractivity contribution in [1.29, 1.82) is 0 Å². The molecule has 3 rings (SSSR count). The van der Waals surface area contributed by atoms with Crippen LogP contribution in [0.5, 0.6) is 11.6 Å². The molecule has 0 saturated heterocycles. The summed E-state index contributed by atoms with van der Waals surface area (Å²) >= 11 is 1.55. The van der Waals surface area contributed by atoms with Gasteiger partial charge in [-0.2, -0.15) is 0 Å². The van der Waals surface area contributed by atoms with Crippen LogP contribution in [0.2, 0.25) is 0 Å². The third kappa shape index (κ3) is 1.81. The average Bonchev–Trinajstić information content (AvgIpc) is 2.81. The molecule has 0 spiro atoms. The lowest BCUT2D eigenvalue weighted by molar-refractivity contribution is 0.470. The molecule has 0 radical (unpaired) electrons. The Balaban J connectivity index is 2.06. The third-order valence-corrected chi connectivity index (χ3v) is 3.17. The minimum Gasteiger partial charge on any atom is -0.436 e. The van der Waals surface area contributed by atoms with E-state index in [0.717, 1.165) is 10.2 Å². The van der Waals surface area contributed by atoms with E-state index < -0.39 is 0 Å². The minimum absolute atomic E-state index is 0.536. The maximum Gasteiger partial charge on any atom is 0.231 e. The Morgan fingerprint density at radius 3 is 2.88 bits per heavy atom. The first-order valence-electron chi connectivity index (χ1n) is 5.05. The first kappa shape index (κ1) is 10.0. The van der Waals surface area contributed by atoms with Crippen molar-refractivity contribution in [2.45, 2.75) is 0 Å². The van der Waals surface area contributed by atoms with Gasteiger partial charge in [0.05, 0.1) is 11.1 Å². The van der Waals surface area contributed by atoms with Crippen LogP contribution in [0.15, 0.2) is 42.0 Å². The quantitative estimate of drug-likeness (QED) is 0.703. The topological polar surface area (TPSA) is 61.0 Å². The fourth-order valence-corrected chi connectivity index (χ4v) is 2.25.